The highest BCUT2D eigenvalue weighted by molar-refractivity contribution is 5.11. The van der Waals surface area contributed by atoms with E-state index in [0.717, 1.165) is 6.42 Å². The zero-order chi connectivity index (χ0) is 10.6. The molecule has 1 aromatic rings. The molecular formula is C10H15N3O. The summed E-state index contributed by atoms with van der Waals surface area (Å²) in [6.07, 6.45) is 4.24. The topological polar surface area (TPSA) is 61.8 Å². The Morgan fingerprint density at radius 1 is 1.71 bits per heavy atom. The van der Waals surface area contributed by atoms with E-state index >= 15 is 0 Å². The number of rotatable bonds is 4. The zero-order valence-electron chi connectivity index (χ0n) is 8.51. The standard InChI is InChI=1S/C10H15N3O/c1-3-4-8(5-11)10(14)9-6-12-13(2)7-9/h6-8,10,14H,3-4H2,1-2H3. The fraction of sp³-hybridized carbons (Fsp3) is 0.600. The summed E-state index contributed by atoms with van der Waals surface area (Å²) in [6, 6.07) is 2.12. The molecule has 0 aliphatic rings. The molecule has 1 heterocycles. The fourth-order valence-corrected chi connectivity index (χ4v) is 1.43. The third kappa shape index (κ3) is 2.33. The maximum Gasteiger partial charge on any atom is 0.0978 e. The Kier molecular flexibility index (Phi) is 3.66. The van der Waals surface area contributed by atoms with Crippen LogP contribution in [0.3, 0.4) is 0 Å². The average molecular weight is 193 g/mol. The predicted molar refractivity (Wildman–Crippen MR) is 52.2 cm³/mol. The van der Waals surface area contributed by atoms with Gasteiger partial charge in [-0.1, -0.05) is 13.3 Å². The van der Waals surface area contributed by atoms with Crippen LogP contribution < -0.4 is 0 Å². The van der Waals surface area contributed by atoms with E-state index in [1.165, 1.54) is 0 Å². The fourth-order valence-electron chi connectivity index (χ4n) is 1.43. The summed E-state index contributed by atoms with van der Waals surface area (Å²) in [5.41, 5.74) is 0.715. The van der Waals surface area contributed by atoms with Crippen LogP contribution in [0.5, 0.6) is 0 Å². The van der Waals surface area contributed by atoms with E-state index in [0.29, 0.717) is 12.0 Å². The Hall–Kier alpha value is -1.34. The minimum absolute atomic E-state index is 0.329. The molecule has 4 nitrogen and oxygen atoms in total. The van der Waals surface area contributed by atoms with Gasteiger partial charge in [-0.05, 0) is 6.42 Å². The van der Waals surface area contributed by atoms with Gasteiger partial charge in [-0.25, -0.2) is 0 Å². The maximum absolute atomic E-state index is 9.85. The number of nitrogens with zero attached hydrogens (tertiary/aromatic N) is 3. The van der Waals surface area contributed by atoms with Crippen LogP contribution in [-0.4, -0.2) is 14.9 Å². The van der Waals surface area contributed by atoms with Gasteiger partial charge in [0.1, 0.15) is 0 Å². The molecule has 0 radical (unpaired) electrons. The maximum atomic E-state index is 9.85. The lowest BCUT2D eigenvalue weighted by atomic mass is 9.95. The molecule has 14 heavy (non-hydrogen) atoms. The van der Waals surface area contributed by atoms with Crippen LogP contribution in [0.4, 0.5) is 0 Å². The second-order valence-corrected chi connectivity index (χ2v) is 3.42. The summed E-state index contributed by atoms with van der Waals surface area (Å²) in [5.74, 6) is -0.329. The second-order valence-electron chi connectivity index (χ2n) is 3.42. The number of aryl methyl sites for hydroxylation is 1. The van der Waals surface area contributed by atoms with Crippen molar-refractivity contribution in [1.29, 1.82) is 5.26 Å². The largest absolute Gasteiger partial charge is 0.387 e. The molecule has 2 unspecified atom stereocenters. The summed E-state index contributed by atoms with van der Waals surface area (Å²) in [7, 11) is 1.79. The molecule has 0 aromatic carbocycles. The van der Waals surface area contributed by atoms with Gasteiger partial charge in [0.2, 0.25) is 0 Å². The summed E-state index contributed by atoms with van der Waals surface area (Å²) in [5, 5.41) is 22.7. The molecule has 0 fully saturated rings. The van der Waals surface area contributed by atoms with Gasteiger partial charge in [0.05, 0.1) is 24.3 Å². The van der Waals surface area contributed by atoms with Gasteiger partial charge in [-0.2, -0.15) is 10.4 Å². The van der Waals surface area contributed by atoms with E-state index in [1.807, 2.05) is 6.92 Å². The van der Waals surface area contributed by atoms with E-state index in [2.05, 4.69) is 11.2 Å². The Bertz CT molecular complexity index is 326. The highest BCUT2D eigenvalue weighted by Gasteiger charge is 2.20. The summed E-state index contributed by atoms with van der Waals surface area (Å²) >= 11 is 0. The van der Waals surface area contributed by atoms with Crippen molar-refractivity contribution in [1.82, 2.24) is 9.78 Å². The minimum atomic E-state index is -0.714. The number of nitriles is 1. The highest BCUT2D eigenvalue weighted by atomic mass is 16.3. The first kappa shape index (κ1) is 10.7. The molecule has 1 aromatic heterocycles. The van der Waals surface area contributed by atoms with Crippen LogP contribution in [0.25, 0.3) is 0 Å². The molecule has 0 aliphatic carbocycles. The smallest absolute Gasteiger partial charge is 0.0978 e. The van der Waals surface area contributed by atoms with Gasteiger partial charge in [0.25, 0.3) is 0 Å². The number of aliphatic hydroxyl groups excluding tert-OH is 1. The number of aromatic nitrogens is 2. The van der Waals surface area contributed by atoms with E-state index in [9.17, 15) is 5.11 Å². The Morgan fingerprint density at radius 3 is 2.86 bits per heavy atom. The van der Waals surface area contributed by atoms with Crippen molar-refractivity contribution >= 4 is 0 Å². The molecule has 0 aliphatic heterocycles. The minimum Gasteiger partial charge on any atom is -0.387 e. The monoisotopic (exact) mass is 193 g/mol. The number of aliphatic hydroxyl groups is 1. The Morgan fingerprint density at radius 2 is 2.43 bits per heavy atom. The first-order valence-corrected chi connectivity index (χ1v) is 4.75. The first-order chi connectivity index (χ1) is 6.69. The van der Waals surface area contributed by atoms with Gasteiger partial charge in [0, 0.05) is 18.8 Å². The molecule has 1 N–H and O–H groups in total. The first-order valence-electron chi connectivity index (χ1n) is 4.75. The van der Waals surface area contributed by atoms with Crippen molar-refractivity contribution in [3.63, 3.8) is 0 Å². The molecule has 0 bridgehead atoms. The van der Waals surface area contributed by atoms with E-state index < -0.39 is 6.10 Å². The summed E-state index contributed by atoms with van der Waals surface area (Å²) in [4.78, 5) is 0. The third-order valence-electron chi connectivity index (χ3n) is 2.21. The van der Waals surface area contributed by atoms with Crippen LogP contribution in [0.15, 0.2) is 12.4 Å². The van der Waals surface area contributed by atoms with Gasteiger partial charge in [-0.3, -0.25) is 4.68 Å². The van der Waals surface area contributed by atoms with Crippen LogP contribution in [0.2, 0.25) is 0 Å². The van der Waals surface area contributed by atoms with Crippen LogP contribution >= 0.6 is 0 Å². The molecule has 0 saturated heterocycles. The van der Waals surface area contributed by atoms with Gasteiger partial charge in [-0.15, -0.1) is 0 Å². The Balaban J connectivity index is 2.73. The lowest BCUT2D eigenvalue weighted by Gasteiger charge is -2.13. The number of hydrogen-bond acceptors (Lipinski definition) is 3. The molecule has 76 valence electrons. The Labute approximate surface area is 83.8 Å². The summed E-state index contributed by atoms with van der Waals surface area (Å²) in [6.45, 7) is 2.00. The van der Waals surface area contributed by atoms with Gasteiger partial charge >= 0.3 is 0 Å². The van der Waals surface area contributed by atoms with Gasteiger partial charge in [0.15, 0.2) is 0 Å². The van der Waals surface area contributed by atoms with Crippen molar-refractivity contribution in [3.8, 4) is 6.07 Å². The zero-order valence-corrected chi connectivity index (χ0v) is 8.51. The molecular weight excluding hydrogens is 178 g/mol. The quantitative estimate of drug-likeness (QED) is 0.786. The normalized spacial score (nSPS) is 14.7. The lowest BCUT2D eigenvalue weighted by Crippen LogP contribution is -2.09. The van der Waals surface area contributed by atoms with E-state index in [-0.39, 0.29) is 5.92 Å². The van der Waals surface area contributed by atoms with Crippen molar-refractivity contribution < 1.29 is 5.11 Å². The van der Waals surface area contributed by atoms with Crippen molar-refractivity contribution in [3.05, 3.63) is 18.0 Å². The predicted octanol–water partition coefficient (Wildman–Crippen LogP) is 1.39. The molecule has 0 saturated carbocycles. The van der Waals surface area contributed by atoms with E-state index in [1.54, 1.807) is 24.1 Å². The molecule has 4 heteroatoms. The second kappa shape index (κ2) is 4.77. The molecule has 2 atom stereocenters. The SMILES string of the molecule is CCCC(C#N)C(O)c1cnn(C)c1. The van der Waals surface area contributed by atoms with Crippen molar-refractivity contribution in [2.45, 2.75) is 25.9 Å². The molecule has 0 spiro atoms. The van der Waals surface area contributed by atoms with Crippen molar-refractivity contribution in [2.75, 3.05) is 0 Å². The molecule has 1 rings (SSSR count). The molecule has 0 amide bonds. The van der Waals surface area contributed by atoms with Crippen LogP contribution in [0, 0.1) is 17.2 Å². The van der Waals surface area contributed by atoms with Crippen LogP contribution in [0.1, 0.15) is 31.4 Å². The number of hydrogen-bond donors (Lipinski definition) is 1. The van der Waals surface area contributed by atoms with Gasteiger partial charge < -0.3 is 5.11 Å². The van der Waals surface area contributed by atoms with Crippen molar-refractivity contribution in [2.24, 2.45) is 13.0 Å². The van der Waals surface area contributed by atoms with E-state index in [4.69, 9.17) is 5.26 Å². The van der Waals surface area contributed by atoms with Crippen LogP contribution in [-0.2, 0) is 7.05 Å². The average Bonchev–Trinajstić information content (AvgIpc) is 2.60. The summed E-state index contributed by atoms with van der Waals surface area (Å²) < 4.78 is 1.62. The highest BCUT2D eigenvalue weighted by Crippen LogP contribution is 2.24. The lowest BCUT2D eigenvalue weighted by molar-refractivity contribution is 0.130. The third-order valence-corrected chi connectivity index (χ3v) is 2.21.